The Morgan fingerprint density at radius 3 is 2.16 bits per heavy atom. The minimum absolute atomic E-state index is 0.0112. The maximum absolute atomic E-state index is 12.8. The maximum atomic E-state index is 12.8. The first-order valence-electron chi connectivity index (χ1n) is 14.1. The van der Waals surface area contributed by atoms with Crippen LogP contribution in [0.4, 0.5) is 5.69 Å². The second-order valence-electron chi connectivity index (χ2n) is 10.3. The number of hydrogen-bond acceptors (Lipinski definition) is 7. The Morgan fingerprint density at radius 1 is 0.705 bits per heavy atom. The summed E-state index contributed by atoms with van der Waals surface area (Å²) in [6.45, 7) is -0.316. The van der Waals surface area contributed by atoms with Gasteiger partial charge in [-0.2, -0.15) is 0 Å². The van der Waals surface area contributed by atoms with Crippen molar-refractivity contribution >= 4 is 40.1 Å². The summed E-state index contributed by atoms with van der Waals surface area (Å²) < 4.78 is 16.7. The Morgan fingerprint density at radius 2 is 1.39 bits per heavy atom. The first-order chi connectivity index (χ1) is 21.4. The van der Waals surface area contributed by atoms with Gasteiger partial charge >= 0.3 is 11.9 Å². The fraction of sp³-hybridized carbons (Fsp3) is 0.111. The molecule has 1 atom stereocenters. The number of fused-ring (bicyclic) bond motifs is 1. The summed E-state index contributed by atoms with van der Waals surface area (Å²) in [4.78, 5) is 51.9. The zero-order valence-corrected chi connectivity index (χ0v) is 23.6. The summed E-state index contributed by atoms with van der Waals surface area (Å²) >= 11 is 0. The summed E-state index contributed by atoms with van der Waals surface area (Å²) in [6.07, 6.45) is -0.0112. The first kappa shape index (κ1) is 28.4. The van der Waals surface area contributed by atoms with Crippen molar-refractivity contribution in [3.63, 3.8) is 0 Å². The van der Waals surface area contributed by atoms with Crippen LogP contribution >= 0.6 is 0 Å². The molecular formula is C36H27NO7. The molecule has 0 saturated carbocycles. The molecule has 0 bridgehead atoms. The monoisotopic (exact) mass is 585 g/mol. The Labute approximate surface area is 253 Å². The number of Topliss-reactive ketones (excluding diaryl/α,β-unsaturated/α-hetero) is 1. The van der Waals surface area contributed by atoms with Gasteiger partial charge in [-0.05, 0) is 72.1 Å². The molecule has 5 aromatic rings. The van der Waals surface area contributed by atoms with Crippen molar-refractivity contribution in [2.45, 2.75) is 6.42 Å². The first-order valence-corrected chi connectivity index (χ1v) is 14.1. The van der Waals surface area contributed by atoms with E-state index in [9.17, 15) is 19.2 Å². The molecule has 5 aromatic carbocycles. The highest BCUT2D eigenvalue weighted by Crippen LogP contribution is 2.32. The van der Waals surface area contributed by atoms with E-state index in [0.717, 1.165) is 16.5 Å². The van der Waals surface area contributed by atoms with Gasteiger partial charge in [-0.25, -0.2) is 4.79 Å². The van der Waals surface area contributed by atoms with Crippen LogP contribution in [0, 0.1) is 5.92 Å². The summed E-state index contributed by atoms with van der Waals surface area (Å²) in [6, 6.07) is 35.5. The second-order valence-corrected chi connectivity index (χ2v) is 10.3. The number of rotatable bonds is 9. The molecule has 1 aliphatic heterocycles. The third-order valence-electron chi connectivity index (χ3n) is 7.33. The van der Waals surface area contributed by atoms with Crippen molar-refractivity contribution < 1.29 is 33.4 Å². The fourth-order valence-corrected chi connectivity index (χ4v) is 5.01. The van der Waals surface area contributed by atoms with Crippen LogP contribution in [0.1, 0.15) is 27.1 Å². The number of ketones is 1. The van der Waals surface area contributed by atoms with Gasteiger partial charge in [0.05, 0.1) is 11.5 Å². The number of hydrogen-bond donors (Lipinski definition) is 0. The average Bonchev–Trinajstić information content (AvgIpc) is 3.46. The highest BCUT2D eigenvalue weighted by molar-refractivity contribution is 6.01. The van der Waals surface area contributed by atoms with Crippen molar-refractivity contribution in [2.75, 3.05) is 18.1 Å². The summed E-state index contributed by atoms with van der Waals surface area (Å²) in [5.74, 6) is -0.806. The molecule has 1 amide bonds. The van der Waals surface area contributed by atoms with Crippen LogP contribution in [0.3, 0.4) is 0 Å². The molecule has 6 rings (SSSR count). The number of esters is 2. The van der Waals surface area contributed by atoms with Gasteiger partial charge in [0.15, 0.2) is 12.4 Å². The molecule has 0 spiro atoms. The molecule has 1 saturated heterocycles. The van der Waals surface area contributed by atoms with Gasteiger partial charge in [-0.3, -0.25) is 14.4 Å². The lowest BCUT2D eigenvalue weighted by Crippen LogP contribution is -2.27. The lowest BCUT2D eigenvalue weighted by molar-refractivity contribution is -0.147. The number of carbonyl (C=O) groups excluding carboxylic acids is 4. The van der Waals surface area contributed by atoms with Gasteiger partial charge in [0.25, 0.3) is 0 Å². The van der Waals surface area contributed by atoms with Crippen LogP contribution in [0.15, 0.2) is 121 Å². The van der Waals surface area contributed by atoms with E-state index in [2.05, 4.69) is 0 Å². The molecule has 1 heterocycles. The molecule has 8 nitrogen and oxygen atoms in total. The molecular weight excluding hydrogens is 558 g/mol. The largest absolute Gasteiger partial charge is 0.457 e. The van der Waals surface area contributed by atoms with Crippen molar-refractivity contribution in [1.82, 2.24) is 0 Å². The Balaban J connectivity index is 1.01. The van der Waals surface area contributed by atoms with Crippen molar-refractivity contribution in [1.29, 1.82) is 0 Å². The van der Waals surface area contributed by atoms with Crippen molar-refractivity contribution in [2.24, 2.45) is 5.92 Å². The van der Waals surface area contributed by atoms with Crippen molar-refractivity contribution in [3.8, 4) is 17.2 Å². The van der Waals surface area contributed by atoms with Gasteiger partial charge in [0, 0.05) is 29.6 Å². The third-order valence-corrected chi connectivity index (χ3v) is 7.33. The standard InChI is InChI=1S/C36H27NO7/c38-32(25-13-17-30(18-14-25)44-36(41)26-8-2-1-3-9-26)23-42-35(40)27-21-34(39)37(22-27)28-15-19-29(20-16-28)43-33-12-6-10-24-7-4-5-11-31(24)33/h1-20,27H,21-23H2/t27-/m1/s1. The summed E-state index contributed by atoms with van der Waals surface area (Å²) in [5, 5.41) is 2.07. The number of ether oxygens (including phenoxy) is 3. The van der Waals surface area contributed by atoms with E-state index in [4.69, 9.17) is 14.2 Å². The van der Waals surface area contributed by atoms with Crippen LogP contribution < -0.4 is 14.4 Å². The van der Waals surface area contributed by atoms with E-state index in [-0.39, 0.29) is 24.6 Å². The predicted molar refractivity (Wildman–Crippen MR) is 164 cm³/mol. The second kappa shape index (κ2) is 12.6. The lowest BCUT2D eigenvalue weighted by Gasteiger charge is -2.17. The zero-order valence-electron chi connectivity index (χ0n) is 23.6. The van der Waals surface area contributed by atoms with Gasteiger partial charge in [-0.1, -0.05) is 54.6 Å². The summed E-state index contributed by atoms with van der Waals surface area (Å²) in [7, 11) is 0. The smallest absolute Gasteiger partial charge is 0.343 e. The fourth-order valence-electron chi connectivity index (χ4n) is 5.01. The number of carbonyl (C=O) groups is 4. The zero-order chi connectivity index (χ0) is 30.5. The van der Waals surface area contributed by atoms with E-state index < -0.39 is 30.2 Å². The number of benzene rings is 5. The summed E-state index contributed by atoms with van der Waals surface area (Å²) in [5.41, 5.74) is 1.35. The molecule has 0 aromatic heterocycles. The number of anilines is 1. The quantitative estimate of drug-likeness (QED) is 0.109. The molecule has 44 heavy (non-hydrogen) atoms. The molecule has 8 heteroatoms. The Bertz CT molecular complexity index is 1830. The van der Waals surface area contributed by atoms with E-state index in [1.807, 2.05) is 42.5 Å². The van der Waals surface area contributed by atoms with Crippen LogP contribution in [0.5, 0.6) is 17.2 Å². The van der Waals surface area contributed by atoms with Crippen LogP contribution in [0.25, 0.3) is 10.8 Å². The van der Waals surface area contributed by atoms with Gasteiger partial charge in [-0.15, -0.1) is 0 Å². The Hall–Kier alpha value is -5.76. The van der Waals surface area contributed by atoms with Gasteiger partial charge < -0.3 is 19.1 Å². The van der Waals surface area contributed by atoms with Crippen LogP contribution in [-0.4, -0.2) is 36.8 Å². The predicted octanol–water partition coefficient (Wildman–Crippen LogP) is 6.63. The SMILES string of the molecule is O=C(COC(=O)[C@@H]1CC(=O)N(c2ccc(Oc3cccc4ccccc34)cc2)C1)c1ccc(OC(=O)c2ccccc2)cc1. The molecule has 1 fully saturated rings. The van der Waals surface area contributed by atoms with Crippen LogP contribution in [-0.2, 0) is 14.3 Å². The molecule has 0 radical (unpaired) electrons. The van der Waals surface area contributed by atoms with Crippen molar-refractivity contribution in [3.05, 3.63) is 132 Å². The minimum atomic E-state index is -0.693. The van der Waals surface area contributed by atoms with E-state index in [1.54, 1.807) is 54.6 Å². The topological polar surface area (TPSA) is 99.2 Å². The third kappa shape index (κ3) is 6.34. The van der Waals surface area contributed by atoms with Gasteiger partial charge in [0.1, 0.15) is 17.2 Å². The Kier molecular flexibility index (Phi) is 8.14. The molecule has 218 valence electrons. The molecule has 0 unspecified atom stereocenters. The highest BCUT2D eigenvalue weighted by atomic mass is 16.5. The number of nitrogens with zero attached hydrogens (tertiary/aromatic N) is 1. The van der Waals surface area contributed by atoms with Crippen LogP contribution in [0.2, 0.25) is 0 Å². The molecule has 0 aliphatic carbocycles. The molecule has 0 N–H and O–H groups in total. The lowest BCUT2D eigenvalue weighted by atomic mass is 10.1. The highest BCUT2D eigenvalue weighted by Gasteiger charge is 2.36. The number of amides is 1. The van der Waals surface area contributed by atoms with E-state index >= 15 is 0 Å². The average molecular weight is 586 g/mol. The minimum Gasteiger partial charge on any atom is -0.457 e. The van der Waals surface area contributed by atoms with Gasteiger partial charge in [0.2, 0.25) is 5.91 Å². The molecule has 1 aliphatic rings. The van der Waals surface area contributed by atoms with E-state index in [1.165, 1.54) is 29.2 Å². The normalized spacial score (nSPS) is 14.3. The maximum Gasteiger partial charge on any atom is 0.343 e. The van der Waals surface area contributed by atoms with E-state index in [0.29, 0.717) is 22.6 Å².